The highest BCUT2D eigenvalue weighted by atomic mass is 32.2. The third-order valence-electron chi connectivity index (χ3n) is 4.08. The number of rotatable bonds is 3. The molecule has 22 heavy (non-hydrogen) atoms. The second-order valence-electron chi connectivity index (χ2n) is 5.27. The molecule has 4 nitrogen and oxygen atoms in total. The predicted molar refractivity (Wildman–Crippen MR) is 82.7 cm³/mol. The lowest BCUT2D eigenvalue weighted by Crippen LogP contribution is -2.32. The summed E-state index contributed by atoms with van der Waals surface area (Å²) in [6, 6.07) is 2.73. The van der Waals surface area contributed by atoms with Crippen molar-refractivity contribution in [2.45, 2.75) is 30.6 Å². The first-order valence-electron chi connectivity index (χ1n) is 7.10. The van der Waals surface area contributed by atoms with Crippen molar-refractivity contribution in [3.8, 4) is 5.75 Å². The molecule has 3 rings (SSSR count). The molecule has 0 fully saturated rings. The Morgan fingerprint density at radius 2 is 1.73 bits per heavy atom. The first-order chi connectivity index (χ1) is 10.6. The van der Waals surface area contributed by atoms with Gasteiger partial charge < -0.3 is 4.74 Å². The zero-order valence-corrected chi connectivity index (χ0v) is 13.3. The number of methoxy groups -OCH3 is 1. The summed E-state index contributed by atoms with van der Waals surface area (Å²) in [4.78, 5) is 26.7. The van der Waals surface area contributed by atoms with E-state index in [1.165, 1.54) is 31.0 Å². The number of thioether (sulfide) groups is 1. The van der Waals surface area contributed by atoms with Gasteiger partial charge in [0.15, 0.2) is 5.82 Å². The van der Waals surface area contributed by atoms with Gasteiger partial charge in [0.2, 0.25) is 0 Å². The van der Waals surface area contributed by atoms with E-state index in [1.54, 1.807) is 0 Å². The van der Waals surface area contributed by atoms with Crippen LogP contribution in [0.2, 0.25) is 0 Å². The van der Waals surface area contributed by atoms with Crippen molar-refractivity contribution in [3.05, 3.63) is 29.1 Å². The molecular formula is C16H16FNO3S. The number of amides is 2. The van der Waals surface area contributed by atoms with Crippen LogP contribution < -0.4 is 9.64 Å². The Morgan fingerprint density at radius 1 is 1.14 bits per heavy atom. The number of ether oxygens (including phenoxy) is 1. The van der Waals surface area contributed by atoms with Gasteiger partial charge in [0, 0.05) is 17.2 Å². The van der Waals surface area contributed by atoms with Crippen LogP contribution in [0.15, 0.2) is 28.2 Å². The molecule has 6 heteroatoms. The summed E-state index contributed by atoms with van der Waals surface area (Å²) >= 11 is 1.38. The number of halogens is 1. The number of benzene rings is 1. The van der Waals surface area contributed by atoms with Crippen LogP contribution in [0.4, 0.5) is 10.1 Å². The van der Waals surface area contributed by atoms with Crippen LogP contribution in [0.3, 0.4) is 0 Å². The van der Waals surface area contributed by atoms with Crippen LogP contribution in [0.1, 0.15) is 25.7 Å². The zero-order valence-electron chi connectivity index (χ0n) is 12.4. The monoisotopic (exact) mass is 321 g/mol. The van der Waals surface area contributed by atoms with Gasteiger partial charge in [0.25, 0.3) is 11.8 Å². The molecule has 0 spiro atoms. The molecule has 0 saturated carbocycles. The fraction of sp³-hybridized carbons (Fsp3) is 0.375. The lowest BCUT2D eigenvalue weighted by Gasteiger charge is -2.18. The van der Waals surface area contributed by atoms with E-state index in [1.807, 2.05) is 6.26 Å². The number of carbonyl (C=O) groups excluding carboxylic acids is 2. The summed E-state index contributed by atoms with van der Waals surface area (Å²) < 4.78 is 19.5. The molecule has 0 unspecified atom stereocenters. The first kappa shape index (κ1) is 15.1. The summed E-state index contributed by atoms with van der Waals surface area (Å²) in [5.41, 5.74) is 1.11. The Labute approximate surface area is 132 Å². The van der Waals surface area contributed by atoms with Gasteiger partial charge in [0.05, 0.1) is 17.7 Å². The Hall–Kier alpha value is -1.82. The summed E-state index contributed by atoms with van der Waals surface area (Å²) in [6.45, 7) is 0. The van der Waals surface area contributed by atoms with Gasteiger partial charge in [-0.1, -0.05) is 0 Å². The van der Waals surface area contributed by atoms with Crippen molar-refractivity contribution >= 4 is 29.3 Å². The fourth-order valence-electron chi connectivity index (χ4n) is 2.97. The lowest BCUT2D eigenvalue weighted by molar-refractivity contribution is -0.120. The molecule has 0 N–H and O–H groups in total. The average Bonchev–Trinajstić information content (AvgIpc) is 2.79. The Kier molecular flexibility index (Phi) is 3.95. The number of anilines is 1. The maximum Gasteiger partial charge on any atom is 0.261 e. The topological polar surface area (TPSA) is 46.6 Å². The Morgan fingerprint density at radius 3 is 2.23 bits per heavy atom. The maximum absolute atomic E-state index is 14.4. The van der Waals surface area contributed by atoms with Crippen molar-refractivity contribution in [2.24, 2.45) is 0 Å². The smallest absolute Gasteiger partial charge is 0.261 e. The number of imide groups is 1. The van der Waals surface area contributed by atoms with E-state index in [4.69, 9.17) is 4.74 Å². The summed E-state index contributed by atoms with van der Waals surface area (Å²) in [5.74, 6) is -0.992. The summed E-state index contributed by atoms with van der Waals surface area (Å²) in [6.07, 6.45) is 4.82. The van der Waals surface area contributed by atoms with Gasteiger partial charge in [-0.3, -0.25) is 9.59 Å². The highest BCUT2D eigenvalue weighted by Crippen LogP contribution is 2.39. The third kappa shape index (κ3) is 2.22. The summed E-state index contributed by atoms with van der Waals surface area (Å²) in [5, 5.41) is 0. The Balaban J connectivity index is 2.06. The Bertz CT molecular complexity index is 671. The maximum atomic E-state index is 14.4. The van der Waals surface area contributed by atoms with Gasteiger partial charge in [-0.05, 0) is 38.0 Å². The van der Waals surface area contributed by atoms with Crippen LogP contribution >= 0.6 is 11.8 Å². The second-order valence-corrected chi connectivity index (χ2v) is 6.12. The molecule has 0 radical (unpaired) electrons. The highest BCUT2D eigenvalue weighted by molar-refractivity contribution is 7.98. The molecule has 1 aromatic carbocycles. The van der Waals surface area contributed by atoms with E-state index in [9.17, 15) is 14.0 Å². The molecule has 0 saturated heterocycles. The zero-order chi connectivity index (χ0) is 15.9. The molecular weight excluding hydrogens is 305 g/mol. The number of carbonyl (C=O) groups is 2. The van der Waals surface area contributed by atoms with Crippen LogP contribution in [0.25, 0.3) is 0 Å². The minimum absolute atomic E-state index is 0.00884. The van der Waals surface area contributed by atoms with E-state index in [-0.39, 0.29) is 17.5 Å². The largest absolute Gasteiger partial charge is 0.495 e. The minimum atomic E-state index is -0.629. The van der Waals surface area contributed by atoms with Gasteiger partial charge in [-0.15, -0.1) is 11.8 Å². The average molecular weight is 321 g/mol. The van der Waals surface area contributed by atoms with E-state index >= 15 is 0 Å². The van der Waals surface area contributed by atoms with E-state index in [0.29, 0.717) is 34.6 Å². The van der Waals surface area contributed by atoms with Gasteiger partial charge in [-0.2, -0.15) is 0 Å². The van der Waals surface area contributed by atoms with Crippen molar-refractivity contribution in [3.63, 3.8) is 0 Å². The van der Waals surface area contributed by atoms with Crippen molar-refractivity contribution < 1.29 is 18.7 Å². The summed E-state index contributed by atoms with van der Waals surface area (Å²) in [7, 11) is 1.46. The van der Waals surface area contributed by atoms with Crippen molar-refractivity contribution in [2.75, 3.05) is 18.3 Å². The van der Waals surface area contributed by atoms with Crippen molar-refractivity contribution in [1.29, 1.82) is 0 Å². The fourth-order valence-corrected chi connectivity index (χ4v) is 3.55. The number of hydrogen-bond acceptors (Lipinski definition) is 4. The van der Waals surface area contributed by atoms with Crippen LogP contribution in [-0.2, 0) is 9.59 Å². The molecule has 1 aliphatic heterocycles. The lowest BCUT2D eigenvalue weighted by atomic mass is 9.93. The molecule has 0 aromatic heterocycles. The molecule has 1 heterocycles. The second kappa shape index (κ2) is 5.76. The van der Waals surface area contributed by atoms with Crippen LogP contribution in [0.5, 0.6) is 5.75 Å². The molecule has 1 aliphatic carbocycles. The van der Waals surface area contributed by atoms with Crippen LogP contribution in [-0.4, -0.2) is 25.2 Å². The molecule has 0 bridgehead atoms. The normalized spacial score (nSPS) is 18.0. The molecule has 2 aliphatic rings. The third-order valence-corrected chi connectivity index (χ3v) is 4.84. The molecule has 0 atom stereocenters. The quantitative estimate of drug-likeness (QED) is 0.633. The van der Waals surface area contributed by atoms with Crippen molar-refractivity contribution in [1.82, 2.24) is 0 Å². The molecule has 2 amide bonds. The minimum Gasteiger partial charge on any atom is -0.495 e. The molecule has 1 aromatic rings. The van der Waals surface area contributed by atoms with Gasteiger partial charge >= 0.3 is 0 Å². The highest BCUT2D eigenvalue weighted by Gasteiger charge is 2.41. The number of hydrogen-bond donors (Lipinski definition) is 0. The van der Waals surface area contributed by atoms with Gasteiger partial charge in [0.1, 0.15) is 5.75 Å². The van der Waals surface area contributed by atoms with E-state index < -0.39 is 5.82 Å². The molecule has 116 valence electrons. The predicted octanol–water partition coefficient (Wildman–Crippen LogP) is 3.30. The number of nitrogens with zero attached hydrogens (tertiary/aromatic N) is 1. The van der Waals surface area contributed by atoms with E-state index in [0.717, 1.165) is 17.7 Å². The SMILES string of the molecule is COc1cc(F)c(N2C(=O)C3=C(CCCC3)C2=O)cc1SC. The van der Waals surface area contributed by atoms with Gasteiger partial charge in [-0.25, -0.2) is 9.29 Å². The van der Waals surface area contributed by atoms with E-state index in [2.05, 4.69) is 0 Å². The standard InChI is InChI=1S/C16H16FNO3S/c1-21-13-7-11(17)12(8-14(13)22-2)18-15(19)9-5-3-4-6-10(9)16(18)20/h7-8H,3-6H2,1-2H3. The van der Waals surface area contributed by atoms with Crippen LogP contribution in [0, 0.1) is 5.82 Å². The first-order valence-corrected chi connectivity index (χ1v) is 8.33.